The van der Waals surface area contributed by atoms with Crippen molar-refractivity contribution in [2.45, 2.75) is 13.1 Å². The number of carbonyl (C=O) groups excluding carboxylic acids is 1. The number of hydrogen-bond donors (Lipinski definition) is 2. The first-order valence-electron chi connectivity index (χ1n) is 7.60. The van der Waals surface area contributed by atoms with Gasteiger partial charge in [0.15, 0.2) is 11.5 Å². The summed E-state index contributed by atoms with van der Waals surface area (Å²) in [5.41, 5.74) is 0.422. The van der Waals surface area contributed by atoms with Gasteiger partial charge in [-0.1, -0.05) is 22.0 Å². The van der Waals surface area contributed by atoms with Gasteiger partial charge in [-0.2, -0.15) is 13.2 Å². The number of benzene rings is 2. The zero-order valence-electron chi connectivity index (χ0n) is 13.4. The third-order valence-corrected chi connectivity index (χ3v) is 4.49. The predicted molar refractivity (Wildman–Crippen MR) is 94.9 cm³/mol. The van der Waals surface area contributed by atoms with Gasteiger partial charge in [0.1, 0.15) is 0 Å². The molecule has 1 aliphatic heterocycles. The van der Waals surface area contributed by atoms with Crippen molar-refractivity contribution in [1.29, 1.82) is 0 Å². The van der Waals surface area contributed by atoms with E-state index in [4.69, 9.17) is 4.74 Å². The van der Waals surface area contributed by atoms with Crippen molar-refractivity contribution in [1.82, 2.24) is 0 Å². The van der Waals surface area contributed by atoms with E-state index in [0.717, 1.165) is 12.1 Å². The highest BCUT2D eigenvalue weighted by molar-refractivity contribution is 9.10. The van der Waals surface area contributed by atoms with Crippen LogP contribution in [0.2, 0.25) is 0 Å². The van der Waals surface area contributed by atoms with Crippen LogP contribution in [-0.2, 0) is 11.0 Å². The highest BCUT2D eigenvalue weighted by atomic mass is 79.9. The van der Waals surface area contributed by atoms with Gasteiger partial charge in [0.2, 0.25) is 0 Å². The molecule has 0 saturated carbocycles. The minimum absolute atomic E-state index is 0.0630. The van der Waals surface area contributed by atoms with Gasteiger partial charge in [-0.15, -0.1) is 0 Å². The summed E-state index contributed by atoms with van der Waals surface area (Å²) in [6.07, 6.45) is -2.96. The summed E-state index contributed by atoms with van der Waals surface area (Å²) in [5, 5.41) is 12.3. The first kappa shape index (κ1) is 18.3. The van der Waals surface area contributed by atoms with Crippen molar-refractivity contribution in [3.05, 3.63) is 51.5 Å². The molecule has 0 aromatic heterocycles. The molecule has 2 N–H and O–H groups in total. The molecule has 0 bridgehead atoms. The lowest BCUT2D eigenvalue weighted by Crippen LogP contribution is -2.06. The highest BCUT2D eigenvalue weighted by Crippen LogP contribution is 2.40. The molecule has 26 heavy (non-hydrogen) atoms. The van der Waals surface area contributed by atoms with Gasteiger partial charge in [-0.05, 0) is 42.8 Å². The molecule has 1 aliphatic rings. The van der Waals surface area contributed by atoms with Crippen LogP contribution in [0.3, 0.4) is 0 Å². The summed E-state index contributed by atoms with van der Waals surface area (Å²) in [7, 11) is 0. The monoisotopic (exact) mass is 427 g/mol. The number of anilines is 1. The summed E-state index contributed by atoms with van der Waals surface area (Å²) in [5.74, 6) is -0.321. The molecule has 0 radical (unpaired) electrons. The van der Waals surface area contributed by atoms with E-state index in [-0.39, 0.29) is 22.8 Å². The van der Waals surface area contributed by atoms with Gasteiger partial charge in [0, 0.05) is 21.3 Å². The van der Waals surface area contributed by atoms with Crippen LogP contribution in [0.1, 0.15) is 23.6 Å². The van der Waals surface area contributed by atoms with E-state index in [0.29, 0.717) is 22.2 Å². The number of phenolic OH excluding ortho intramolecular Hbond substituents is 1. The average molecular weight is 428 g/mol. The molecule has 8 heteroatoms. The summed E-state index contributed by atoms with van der Waals surface area (Å²) in [6, 6.07) is 6.08. The fraction of sp³-hybridized carbons (Fsp3) is 0.167. The maximum absolute atomic E-state index is 12.8. The lowest BCUT2D eigenvalue weighted by atomic mass is 10.0. The number of halogens is 4. The molecule has 2 aromatic carbocycles. The number of hydrogen-bond acceptors (Lipinski definition) is 3. The van der Waals surface area contributed by atoms with E-state index in [1.807, 2.05) is 0 Å². The fourth-order valence-corrected chi connectivity index (χ4v) is 3.06. The molecular formula is C18H13BrF3NO3. The number of alkyl halides is 3. The van der Waals surface area contributed by atoms with E-state index in [9.17, 15) is 23.1 Å². The molecule has 2 aromatic rings. The van der Waals surface area contributed by atoms with Crippen LogP contribution >= 0.6 is 15.9 Å². The van der Waals surface area contributed by atoms with Crippen LogP contribution in [0.5, 0.6) is 11.5 Å². The summed E-state index contributed by atoms with van der Waals surface area (Å²) in [4.78, 5) is 12.2. The Bertz CT molecular complexity index is 923. The van der Waals surface area contributed by atoms with Crippen molar-refractivity contribution < 1.29 is 27.8 Å². The predicted octanol–water partition coefficient (Wildman–Crippen LogP) is 5.06. The molecule has 0 unspecified atom stereocenters. The molecule has 136 valence electrons. The maximum Gasteiger partial charge on any atom is 0.416 e. The van der Waals surface area contributed by atoms with Crippen molar-refractivity contribution in [2.24, 2.45) is 0 Å². The van der Waals surface area contributed by atoms with Crippen molar-refractivity contribution in [3.63, 3.8) is 0 Å². The van der Waals surface area contributed by atoms with Gasteiger partial charge in [-0.3, -0.25) is 4.79 Å². The number of rotatable bonds is 3. The number of carbonyl (C=O) groups is 1. The SMILES string of the molecule is CCOc1cc(/C=C2\C(=O)Nc3cc(C(F)(F)F)ccc32)c(Br)cc1O. The number of phenols is 1. The Hall–Kier alpha value is -2.48. The Morgan fingerprint density at radius 2 is 2.00 bits per heavy atom. The minimum Gasteiger partial charge on any atom is -0.504 e. The summed E-state index contributed by atoms with van der Waals surface area (Å²) >= 11 is 3.30. The van der Waals surface area contributed by atoms with Gasteiger partial charge in [0.25, 0.3) is 5.91 Å². The quantitative estimate of drug-likeness (QED) is 0.672. The first-order chi connectivity index (χ1) is 12.2. The minimum atomic E-state index is -4.49. The summed E-state index contributed by atoms with van der Waals surface area (Å²) in [6.45, 7) is 2.10. The van der Waals surface area contributed by atoms with Crippen LogP contribution < -0.4 is 10.1 Å². The maximum atomic E-state index is 12.8. The highest BCUT2D eigenvalue weighted by Gasteiger charge is 2.33. The second kappa shape index (κ2) is 6.68. The Kier molecular flexibility index (Phi) is 4.70. The van der Waals surface area contributed by atoms with Crippen LogP contribution in [0.4, 0.5) is 18.9 Å². The van der Waals surface area contributed by atoms with E-state index in [1.165, 1.54) is 18.2 Å². The van der Waals surface area contributed by atoms with Gasteiger partial charge >= 0.3 is 6.18 Å². The third kappa shape index (κ3) is 3.41. The number of ether oxygens (including phenoxy) is 1. The van der Waals surface area contributed by atoms with Crippen LogP contribution in [0.15, 0.2) is 34.8 Å². The molecule has 1 heterocycles. The first-order valence-corrected chi connectivity index (χ1v) is 8.40. The molecule has 0 fully saturated rings. The average Bonchev–Trinajstić information content (AvgIpc) is 2.86. The van der Waals surface area contributed by atoms with Crippen LogP contribution in [0.25, 0.3) is 11.6 Å². The zero-order chi connectivity index (χ0) is 19.1. The number of aromatic hydroxyl groups is 1. The van der Waals surface area contributed by atoms with E-state index in [2.05, 4.69) is 21.2 Å². The Labute approximate surface area is 155 Å². The largest absolute Gasteiger partial charge is 0.504 e. The molecule has 1 amide bonds. The molecule has 4 nitrogen and oxygen atoms in total. The van der Waals surface area contributed by atoms with Crippen molar-refractivity contribution in [3.8, 4) is 11.5 Å². The third-order valence-electron chi connectivity index (χ3n) is 3.81. The Balaban J connectivity index is 2.07. The topological polar surface area (TPSA) is 58.6 Å². The van der Waals surface area contributed by atoms with Gasteiger partial charge in [-0.25, -0.2) is 0 Å². The Morgan fingerprint density at radius 3 is 2.65 bits per heavy atom. The summed E-state index contributed by atoms with van der Waals surface area (Å²) < 4.78 is 44.3. The smallest absolute Gasteiger partial charge is 0.416 e. The second-order valence-corrected chi connectivity index (χ2v) is 6.40. The van der Waals surface area contributed by atoms with Crippen molar-refractivity contribution >= 4 is 39.2 Å². The molecule has 0 atom stereocenters. The lowest BCUT2D eigenvalue weighted by molar-refractivity contribution is -0.137. The second-order valence-electron chi connectivity index (χ2n) is 5.54. The fourth-order valence-electron chi connectivity index (χ4n) is 2.61. The van der Waals surface area contributed by atoms with Crippen LogP contribution in [-0.4, -0.2) is 17.6 Å². The normalized spacial score (nSPS) is 15.1. The van der Waals surface area contributed by atoms with E-state index >= 15 is 0 Å². The van der Waals surface area contributed by atoms with Gasteiger partial charge in [0.05, 0.1) is 12.2 Å². The van der Waals surface area contributed by atoms with E-state index < -0.39 is 17.6 Å². The zero-order valence-corrected chi connectivity index (χ0v) is 15.0. The molecule has 0 aliphatic carbocycles. The van der Waals surface area contributed by atoms with Crippen LogP contribution in [0, 0.1) is 0 Å². The van der Waals surface area contributed by atoms with Gasteiger partial charge < -0.3 is 15.2 Å². The standard InChI is InChI=1S/C18H13BrF3NO3/c1-2-26-16-6-9(13(19)8-15(16)24)5-12-11-4-3-10(18(20,21)22)7-14(11)23-17(12)25/h3-8,24H,2H2,1H3,(H,23,25)/b12-5-. The lowest BCUT2D eigenvalue weighted by Gasteiger charge is -2.09. The number of nitrogens with one attached hydrogen (secondary N) is 1. The number of amides is 1. The number of fused-ring (bicyclic) bond motifs is 1. The van der Waals surface area contributed by atoms with E-state index in [1.54, 1.807) is 13.0 Å². The molecule has 3 rings (SSSR count). The molecule has 0 spiro atoms. The molecular weight excluding hydrogens is 415 g/mol. The molecule has 0 saturated heterocycles. The Morgan fingerprint density at radius 1 is 1.27 bits per heavy atom. The van der Waals surface area contributed by atoms with Crippen molar-refractivity contribution in [2.75, 3.05) is 11.9 Å².